The molecule has 0 saturated carbocycles. The van der Waals surface area contributed by atoms with Crippen molar-refractivity contribution in [1.29, 1.82) is 0 Å². The van der Waals surface area contributed by atoms with E-state index in [1.165, 1.54) is 6.07 Å². The second-order valence-corrected chi connectivity index (χ2v) is 3.02. The molecular formula is C7H4BrF3O2. The van der Waals surface area contributed by atoms with E-state index >= 15 is 0 Å². The third-order valence-electron chi connectivity index (χ3n) is 1.15. The molecule has 0 saturated heterocycles. The molecule has 0 aromatic heterocycles. The summed E-state index contributed by atoms with van der Waals surface area (Å²) in [5.41, 5.74) is 0. The van der Waals surface area contributed by atoms with Crippen LogP contribution in [0, 0.1) is 0 Å². The summed E-state index contributed by atoms with van der Waals surface area (Å²) in [5, 5.41) is 9.00. The van der Waals surface area contributed by atoms with E-state index in [0.29, 0.717) is 4.47 Å². The molecule has 2 nitrogen and oxygen atoms in total. The molecular weight excluding hydrogens is 253 g/mol. The first-order chi connectivity index (χ1) is 5.88. The molecule has 72 valence electrons. The first kappa shape index (κ1) is 10.2. The van der Waals surface area contributed by atoms with Crippen molar-refractivity contribution in [2.45, 2.75) is 6.36 Å². The summed E-state index contributed by atoms with van der Waals surface area (Å²) < 4.78 is 38.8. The van der Waals surface area contributed by atoms with Crippen LogP contribution in [0.25, 0.3) is 0 Å². The van der Waals surface area contributed by atoms with Crippen molar-refractivity contribution in [3.05, 3.63) is 22.7 Å². The number of halogens is 4. The average Bonchev–Trinajstić information content (AvgIpc) is 1.94. The minimum atomic E-state index is -4.74. The second-order valence-electron chi connectivity index (χ2n) is 2.16. The summed E-state index contributed by atoms with van der Waals surface area (Å²) in [5.74, 6) is -0.755. The van der Waals surface area contributed by atoms with Gasteiger partial charge in [-0.15, -0.1) is 13.2 Å². The highest BCUT2D eigenvalue weighted by atomic mass is 79.9. The second kappa shape index (κ2) is 3.45. The molecule has 6 heteroatoms. The zero-order valence-corrected chi connectivity index (χ0v) is 7.69. The van der Waals surface area contributed by atoms with Crippen molar-refractivity contribution in [2.24, 2.45) is 0 Å². The molecule has 0 amide bonds. The lowest BCUT2D eigenvalue weighted by molar-refractivity contribution is -0.274. The maximum absolute atomic E-state index is 11.7. The van der Waals surface area contributed by atoms with Gasteiger partial charge in [0.05, 0.1) is 4.47 Å². The molecule has 1 rings (SSSR count). The van der Waals surface area contributed by atoms with Crippen LogP contribution in [0.2, 0.25) is 0 Å². The van der Waals surface area contributed by atoms with E-state index in [9.17, 15) is 13.2 Å². The van der Waals surface area contributed by atoms with E-state index in [2.05, 4.69) is 20.7 Å². The minimum absolute atomic E-state index is 0.304. The fourth-order valence-electron chi connectivity index (χ4n) is 0.690. The topological polar surface area (TPSA) is 29.5 Å². The number of alkyl halides is 3. The van der Waals surface area contributed by atoms with Crippen molar-refractivity contribution in [3.63, 3.8) is 0 Å². The van der Waals surface area contributed by atoms with Crippen LogP contribution in [0.1, 0.15) is 0 Å². The van der Waals surface area contributed by atoms with E-state index in [-0.39, 0.29) is 5.75 Å². The molecule has 0 radical (unpaired) electrons. The highest BCUT2D eigenvalue weighted by Crippen LogP contribution is 2.30. The predicted molar refractivity (Wildman–Crippen MR) is 42.5 cm³/mol. The summed E-state index contributed by atoms with van der Waals surface area (Å²) in [6.45, 7) is 0. The molecule has 0 aliphatic heterocycles. The van der Waals surface area contributed by atoms with Gasteiger partial charge in [-0.1, -0.05) is 0 Å². The number of phenols is 1. The van der Waals surface area contributed by atoms with Crippen molar-refractivity contribution in [2.75, 3.05) is 0 Å². The van der Waals surface area contributed by atoms with Crippen LogP contribution in [0.5, 0.6) is 11.5 Å². The van der Waals surface area contributed by atoms with Gasteiger partial charge in [0.15, 0.2) is 0 Å². The number of hydrogen-bond acceptors (Lipinski definition) is 2. The van der Waals surface area contributed by atoms with Crippen molar-refractivity contribution in [3.8, 4) is 11.5 Å². The quantitative estimate of drug-likeness (QED) is 0.837. The van der Waals surface area contributed by atoms with Crippen LogP contribution in [-0.2, 0) is 0 Å². The van der Waals surface area contributed by atoms with Crippen LogP contribution in [0.4, 0.5) is 13.2 Å². The van der Waals surface area contributed by atoms with Gasteiger partial charge in [-0.05, 0) is 28.1 Å². The summed E-state index contributed by atoms with van der Waals surface area (Å²) in [4.78, 5) is 0. The van der Waals surface area contributed by atoms with Crippen LogP contribution in [0.3, 0.4) is 0 Å². The molecule has 0 fully saturated rings. The molecule has 0 heterocycles. The first-order valence-electron chi connectivity index (χ1n) is 3.13. The number of rotatable bonds is 1. The minimum Gasteiger partial charge on any atom is -0.507 e. The van der Waals surface area contributed by atoms with Gasteiger partial charge in [0, 0.05) is 6.07 Å². The Labute approximate surface area is 80.1 Å². The zero-order valence-electron chi connectivity index (χ0n) is 6.10. The molecule has 1 N–H and O–H groups in total. The maximum atomic E-state index is 11.7. The number of hydrogen-bond donors (Lipinski definition) is 1. The monoisotopic (exact) mass is 256 g/mol. The van der Waals surface area contributed by atoms with E-state index in [4.69, 9.17) is 5.11 Å². The lowest BCUT2D eigenvalue weighted by Gasteiger charge is -2.08. The van der Waals surface area contributed by atoms with Crippen LogP contribution < -0.4 is 4.74 Å². The van der Waals surface area contributed by atoms with Gasteiger partial charge in [0.1, 0.15) is 11.5 Å². The van der Waals surface area contributed by atoms with Crippen molar-refractivity contribution in [1.82, 2.24) is 0 Å². The first-order valence-corrected chi connectivity index (χ1v) is 3.92. The van der Waals surface area contributed by atoms with Crippen molar-refractivity contribution < 1.29 is 23.0 Å². The highest BCUT2D eigenvalue weighted by Gasteiger charge is 2.31. The van der Waals surface area contributed by atoms with Gasteiger partial charge < -0.3 is 9.84 Å². The highest BCUT2D eigenvalue weighted by molar-refractivity contribution is 9.10. The zero-order chi connectivity index (χ0) is 10.1. The Balaban J connectivity index is 2.86. The van der Waals surface area contributed by atoms with Gasteiger partial charge in [0.25, 0.3) is 0 Å². The lowest BCUT2D eigenvalue weighted by Crippen LogP contribution is -2.16. The molecule has 0 bridgehead atoms. The van der Waals surface area contributed by atoms with E-state index in [0.717, 1.165) is 12.1 Å². The normalized spacial score (nSPS) is 11.4. The average molecular weight is 257 g/mol. The third-order valence-corrected chi connectivity index (χ3v) is 1.82. The van der Waals surface area contributed by atoms with Crippen LogP contribution >= 0.6 is 15.9 Å². The number of phenolic OH excluding ortho intramolecular Hbond substituents is 1. The smallest absolute Gasteiger partial charge is 0.507 e. The maximum Gasteiger partial charge on any atom is 0.573 e. The Hall–Kier alpha value is -0.910. The van der Waals surface area contributed by atoms with E-state index in [1.807, 2.05) is 0 Å². The molecule has 0 atom stereocenters. The molecule has 1 aromatic carbocycles. The predicted octanol–water partition coefficient (Wildman–Crippen LogP) is 3.05. The SMILES string of the molecule is Oc1cc(OC(F)(F)F)ccc1Br. The molecule has 0 aliphatic carbocycles. The van der Waals surface area contributed by atoms with Crippen LogP contribution in [-0.4, -0.2) is 11.5 Å². The summed E-state index contributed by atoms with van der Waals surface area (Å²) in [6, 6.07) is 3.23. The molecule has 0 unspecified atom stereocenters. The number of aromatic hydroxyl groups is 1. The number of benzene rings is 1. The third kappa shape index (κ3) is 3.14. The van der Waals surface area contributed by atoms with E-state index < -0.39 is 12.1 Å². The molecule has 1 aromatic rings. The van der Waals surface area contributed by atoms with Gasteiger partial charge in [-0.2, -0.15) is 0 Å². The van der Waals surface area contributed by atoms with Crippen LogP contribution in [0.15, 0.2) is 22.7 Å². The molecule has 0 spiro atoms. The van der Waals surface area contributed by atoms with Gasteiger partial charge in [-0.3, -0.25) is 0 Å². The summed E-state index contributed by atoms with van der Waals surface area (Å²) in [7, 11) is 0. The summed E-state index contributed by atoms with van der Waals surface area (Å²) >= 11 is 2.92. The van der Waals surface area contributed by atoms with Gasteiger partial charge in [0.2, 0.25) is 0 Å². The Kier molecular flexibility index (Phi) is 2.70. The molecule has 13 heavy (non-hydrogen) atoms. The Bertz CT molecular complexity index is 311. The molecule has 0 aliphatic rings. The lowest BCUT2D eigenvalue weighted by atomic mass is 10.3. The Morgan fingerprint density at radius 1 is 1.31 bits per heavy atom. The van der Waals surface area contributed by atoms with Crippen molar-refractivity contribution >= 4 is 15.9 Å². The van der Waals surface area contributed by atoms with Gasteiger partial charge in [-0.25, -0.2) is 0 Å². The van der Waals surface area contributed by atoms with Gasteiger partial charge >= 0.3 is 6.36 Å². The number of ether oxygens (including phenoxy) is 1. The fraction of sp³-hybridized carbons (Fsp3) is 0.143. The largest absolute Gasteiger partial charge is 0.573 e. The summed E-state index contributed by atoms with van der Waals surface area (Å²) in [6.07, 6.45) is -4.74. The fourth-order valence-corrected chi connectivity index (χ4v) is 0.936. The Morgan fingerprint density at radius 3 is 2.38 bits per heavy atom. The van der Waals surface area contributed by atoms with E-state index in [1.54, 1.807) is 0 Å². The Morgan fingerprint density at radius 2 is 1.92 bits per heavy atom. The standard InChI is InChI=1S/C7H4BrF3O2/c8-5-2-1-4(3-6(5)12)13-7(9,10)11/h1-3,12H.